The first-order chi connectivity index (χ1) is 5.77. The highest BCUT2D eigenvalue weighted by Gasteiger charge is 2.13. The Balaban J connectivity index is 2.61. The van der Waals surface area contributed by atoms with Gasteiger partial charge in [0.25, 0.3) is 5.89 Å². The Morgan fingerprint density at radius 1 is 1.67 bits per heavy atom. The molecule has 5 heteroatoms. The number of rotatable bonds is 4. The second-order valence-corrected chi connectivity index (χ2v) is 2.50. The third-order valence-electron chi connectivity index (χ3n) is 1.53. The summed E-state index contributed by atoms with van der Waals surface area (Å²) in [7, 11) is 0. The van der Waals surface area contributed by atoms with E-state index in [0.29, 0.717) is 25.2 Å². The summed E-state index contributed by atoms with van der Waals surface area (Å²) >= 11 is 0. The third kappa shape index (κ3) is 2.02. The van der Waals surface area contributed by atoms with Crippen molar-refractivity contribution in [2.24, 2.45) is 5.73 Å². The molecule has 68 valence electrons. The van der Waals surface area contributed by atoms with E-state index >= 15 is 0 Å². The maximum absolute atomic E-state index is 9.35. The molecule has 0 amide bonds. The van der Waals surface area contributed by atoms with Gasteiger partial charge in [-0.25, -0.2) is 0 Å². The topological polar surface area (TPSA) is 85.2 Å². The van der Waals surface area contributed by atoms with Crippen molar-refractivity contribution >= 4 is 0 Å². The predicted molar refractivity (Wildman–Crippen MR) is 42.3 cm³/mol. The number of aryl methyl sites for hydroxylation is 1. The summed E-state index contributed by atoms with van der Waals surface area (Å²) in [6.45, 7) is 2.33. The lowest BCUT2D eigenvalue weighted by Crippen LogP contribution is -2.06. The summed E-state index contributed by atoms with van der Waals surface area (Å²) < 4.78 is 4.80. The summed E-state index contributed by atoms with van der Waals surface area (Å²) in [6.07, 6.45) is 0.437. The first-order valence-corrected chi connectivity index (χ1v) is 3.98. The highest BCUT2D eigenvalue weighted by Crippen LogP contribution is 2.12. The van der Waals surface area contributed by atoms with Gasteiger partial charge in [-0.1, -0.05) is 12.1 Å². The molecular formula is C7H13N3O2. The van der Waals surface area contributed by atoms with Crippen LogP contribution in [0.4, 0.5) is 0 Å². The molecule has 0 spiro atoms. The zero-order valence-corrected chi connectivity index (χ0v) is 7.03. The molecule has 1 aromatic heterocycles. The zero-order chi connectivity index (χ0) is 8.97. The molecule has 12 heavy (non-hydrogen) atoms. The van der Waals surface area contributed by atoms with E-state index in [1.807, 2.05) is 6.92 Å². The van der Waals surface area contributed by atoms with Crippen LogP contribution in [0.15, 0.2) is 4.52 Å². The summed E-state index contributed by atoms with van der Waals surface area (Å²) in [5.41, 5.74) is 5.26. The molecule has 1 unspecified atom stereocenters. The summed E-state index contributed by atoms with van der Waals surface area (Å²) in [5, 5.41) is 13.0. The molecule has 0 saturated heterocycles. The molecule has 0 aliphatic heterocycles. The molecule has 1 aromatic rings. The van der Waals surface area contributed by atoms with Crippen molar-refractivity contribution in [2.45, 2.75) is 25.9 Å². The van der Waals surface area contributed by atoms with Gasteiger partial charge in [-0.05, 0) is 13.0 Å². The predicted octanol–water partition coefficient (Wildman–Crippen LogP) is 0.0142. The van der Waals surface area contributed by atoms with Gasteiger partial charge in [-0.15, -0.1) is 0 Å². The average molecular weight is 171 g/mol. The van der Waals surface area contributed by atoms with E-state index in [0.717, 1.165) is 0 Å². The Morgan fingerprint density at radius 2 is 2.42 bits per heavy atom. The smallest absolute Gasteiger partial charge is 0.255 e. The van der Waals surface area contributed by atoms with Crippen LogP contribution in [0.3, 0.4) is 0 Å². The Labute approximate surface area is 70.6 Å². The van der Waals surface area contributed by atoms with E-state index in [-0.39, 0.29) is 5.89 Å². The van der Waals surface area contributed by atoms with Gasteiger partial charge < -0.3 is 15.4 Å². The second kappa shape index (κ2) is 4.18. The molecule has 3 N–H and O–H groups in total. The number of aliphatic hydroxyl groups is 1. The molecule has 1 rings (SSSR count). The molecule has 0 saturated carbocycles. The zero-order valence-electron chi connectivity index (χ0n) is 7.03. The van der Waals surface area contributed by atoms with Gasteiger partial charge in [0, 0.05) is 6.42 Å². The summed E-state index contributed by atoms with van der Waals surface area (Å²) in [5.74, 6) is 0.873. The lowest BCUT2D eigenvalue weighted by molar-refractivity contribution is 0.127. The van der Waals surface area contributed by atoms with E-state index < -0.39 is 6.10 Å². The molecule has 0 aromatic carbocycles. The van der Waals surface area contributed by atoms with Crippen molar-refractivity contribution in [3.8, 4) is 0 Å². The first kappa shape index (κ1) is 9.15. The van der Waals surface area contributed by atoms with Crippen LogP contribution < -0.4 is 5.73 Å². The summed E-state index contributed by atoms with van der Waals surface area (Å²) in [6, 6.07) is 0. The maximum atomic E-state index is 9.35. The van der Waals surface area contributed by atoms with Crippen LogP contribution in [0.1, 0.15) is 31.2 Å². The molecule has 0 aliphatic rings. The van der Waals surface area contributed by atoms with Crippen molar-refractivity contribution in [1.29, 1.82) is 0 Å². The first-order valence-electron chi connectivity index (χ1n) is 3.98. The molecule has 1 heterocycles. The number of hydrogen-bond donors (Lipinski definition) is 2. The van der Waals surface area contributed by atoms with Crippen LogP contribution in [0.5, 0.6) is 0 Å². The Kier molecular flexibility index (Phi) is 3.19. The lowest BCUT2D eigenvalue weighted by atomic mass is 10.2. The molecule has 0 radical (unpaired) electrons. The van der Waals surface area contributed by atoms with Crippen LogP contribution in [-0.4, -0.2) is 21.8 Å². The van der Waals surface area contributed by atoms with Crippen LogP contribution in [0.25, 0.3) is 0 Å². The fraction of sp³-hybridized carbons (Fsp3) is 0.714. The van der Waals surface area contributed by atoms with Crippen LogP contribution in [0.2, 0.25) is 0 Å². The van der Waals surface area contributed by atoms with Crippen molar-refractivity contribution < 1.29 is 9.63 Å². The largest absolute Gasteiger partial charge is 0.383 e. The summed E-state index contributed by atoms with van der Waals surface area (Å²) in [4.78, 5) is 3.96. The Morgan fingerprint density at radius 3 is 2.92 bits per heavy atom. The minimum Gasteiger partial charge on any atom is -0.383 e. The maximum Gasteiger partial charge on any atom is 0.255 e. The monoisotopic (exact) mass is 171 g/mol. The molecular weight excluding hydrogens is 158 g/mol. The highest BCUT2D eigenvalue weighted by atomic mass is 16.5. The molecule has 1 atom stereocenters. The molecule has 0 aliphatic carbocycles. The van der Waals surface area contributed by atoms with Gasteiger partial charge in [0.05, 0.1) is 0 Å². The quantitative estimate of drug-likeness (QED) is 0.666. The van der Waals surface area contributed by atoms with E-state index in [9.17, 15) is 5.11 Å². The van der Waals surface area contributed by atoms with Gasteiger partial charge in [0.2, 0.25) is 0 Å². The fourth-order valence-corrected chi connectivity index (χ4v) is 0.828. The second-order valence-electron chi connectivity index (χ2n) is 2.50. The third-order valence-corrected chi connectivity index (χ3v) is 1.53. The lowest BCUT2D eigenvalue weighted by Gasteiger charge is -2.00. The normalized spacial score (nSPS) is 13.2. The molecule has 0 fully saturated rings. The SMILES string of the molecule is CCc1noc(C(O)CCN)n1. The van der Waals surface area contributed by atoms with Crippen LogP contribution >= 0.6 is 0 Å². The van der Waals surface area contributed by atoms with Gasteiger partial charge >= 0.3 is 0 Å². The number of aliphatic hydroxyl groups excluding tert-OH is 1. The van der Waals surface area contributed by atoms with Gasteiger partial charge in [0.1, 0.15) is 6.10 Å². The standard InChI is InChI=1S/C7H13N3O2/c1-2-6-9-7(12-10-6)5(11)3-4-8/h5,11H,2-4,8H2,1H3. The Bertz CT molecular complexity index is 236. The van der Waals surface area contributed by atoms with Gasteiger partial charge in [-0.3, -0.25) is 0 Å². The van der Waals surface area contributed by atoms with E-state index in [4.69, 9.17) is 10.3 Å². The van der Waals surface area contributed by atoms with Crippen molar-refractivity contribution in [3.63, 3.8) is 0 Å². The molecule has 5 nitrogen and oxygen atoms in total. The van der Waals surface area contributed by atoms with Gasteiger partial charge in [0.15, 0.2) is 5.82 Å². The minimum atomic E-state index is -0.720. The van der Waals surface area contributed by atoms with E-state index in [2.05, 4.69) is 10.1 Å². The average Bonchev–Trinajstić information content (AvgIpc) is 2.52. The van der Waals surface area contributed by atoms with Crippen molar-refractivity contribution in [3.05, 3.63) is 11.7 Å². The van der Waals surface area contributed by atoms with Gasteiger partial charge in [-0.2, -0.15) is 4.98 Å². The highest BCUT2D eigenvalue weighted by molar-refractivity contribution is 4.89. The van der Waals surface area contributed by atoms with E-state index in [1.165, 1.54) is 0 Å². The van der Waals surface area contributed by atoms with Crippen molar-refractivity contribution in [1.82, 2.24) is 10.1 Å². The van der Waals surface area contributed by atoms with Crippen LogP contribution in [0, 0.1) is 0 Å². The number of aromatic nitrogens is 2. The number of nitrogens with two attached hydrogens (primary N) is 1. The van der Waals surface area contributed by atoms with Crippen molar-refractivity contribution in [2.75, 3.05) is 6.54 Å². The van der Waals surface area contributed by atoms with E-state index in [1.54, 1.807) is 0 Å². The fourth-order valence-electron chi connectivity index (χ4n) is 0.828. The number of nitrogens with zero attached hydrogens (tertiary/aromatic N) is 2. The Hall–Kier alpha value is -0.940. The number of hydrogen-bond acceptors (Lipinski definition) is 5. The van der Waals surface area contributed by atoms with Crippen LogP contribution in [-0.2, 0) is 6.42 Å². The minimum absolute atomic E-state index is 0.261. The molecule has 0 bridgehead atoms.